The Kier molecular flexibility index (Phi) is 7.63. The molecule has 2 aromatic rings. The van der Waals surface area contributed by atoms with Gasteiger partial charge in [0.1, 0.15) is 0 Å². The predicted molar refractivity (Wildman–Crippen MR) is 123 cm³/mol. The van der Waals surface area contributed by atoms with Gasteiger partial charge in [0.15, 0.2) is 23.2 Å². The summed E-state index contributed by atoms with van der Waals surface area (Å²) in [6.45, 7) is 3.94. The predicted octanol–water partition coefficient (Wildman–Crippen LogP) is 7.98. The number of esters is 1. The van der Waals surface area contributed by atoms with Crippen molar-refractivity contribution in [3.05, 3.63) is 64.2 Å². The van der Waals surface area contributed by atoms with E-state index in [1.807, 2.05) is 0 Å². The molecule has 0 heterocycles. The number of rotatable bonds is 5. The second-order valence-electron chi connectivity index (χ2n) is 10.0. The average molecular weight is 477 g/mol. The lowest BCUT2D eigenvalue weighted by atomic mass is 9.78. The maximum atomic E-state index is 14.8. The van der Waals surface area contributed by atoms with Crippen LogP contribution in [0.15, 0.2) is 24.3 Å². The van der Waals surface area contributed by atoms with Crippen LogP contribution in [-0.2, 0) is 11.2 Å². The maximum Gasteiger partial charge on any atom is 0.314 e. The summed E-state index contributed by atoms with van der Waals surface area (Å²) >= 11 is 0. The third kappa shape index (κ3) is 5.01. The maximum absolute atomic E-state index is 14.8. The van der Waals surface area contributed by atoms with E-state index in [4.69, 9.17) is 4.74 Å². The number of ether oxygens (including phenoxy) is 1. The summed E-state index contributed by atoms with van der Waals surface area (Å²) in [6.07, 6.45) is 5.88. The SMILES string of the molecule is CCc1ccc(C2CCC(C(=O)Oc3ccc(C4CCC(C)CC4)c(F)c3F)CC2)c(F)c1F. The summed E-state index contributed by atoms with van der Waals surface area (Å²) in [6, 6.07) is 6.13. The second-order valence-corrected chi connectivity index (χ2v) is 10.0. The van der Waals surface area contributed by atoms with Crippen LogP contribution in [0.4, 0.5) is 17.6 Å². The van der Waals surface area contributed by atoms with Gasteiger partial charge in [-0.3, -0.25) is 4.79 Å². The molecule has 0 amide bonds. The highest BCUT2D eigenvalue weighted by atomic mass is 19.2. The van der Waals surface area contributed by atoms with Crippen molar-refractivity contribution in [3.8, 4) is 5.75 Å². The van der Waals surface area contributed by atoms with Gasteiger partial charge in [0.05, 0.1) is 5.92 Å². The van der Waals surface area contributed by atoms with Gasteiger partial charge in [0.2, 0.25) is 5.82 Å². The quantitative estimate of drug-likeness (QED) is 0.248. The van der Waals surface area contributed by atoms with Crippen molar-refractivity contribution in [2.45, 2.75) is 83.5 Å². The monoisotopic (exact) mass is 476 g/mol. The summed E-state index contributed by atoms with van der Waals surface area (Å²) in [7, 11) is 0. The molecule has 0 aliphatic heterocycles. The molecule has 2 aliphatic rings. The molecule has 6 heteroatoms. The molecule has 0 bridgehead atoms. The zero-order valence-corrected chi connectivity index (χ0v) is 19.8. The van der Waals surface area contributed by atoms with Crippen molar-refractivity contribution in [2.75, 3.05) is 0 Å². The zero-order chi connectivity index (χ0) is 24.4. The van der Waals surface area contributed by atoms with Crippen molar-refractivity contribution >= 4 is 5.97 Å². The fourth-order valence-electron chi connectivity index (χ4n) is 5.54. The second kappa shape index (κ2) is 10.5. The standard InChI is InChI=1S/C28H32F4O2/c1-3-17-12-13-21(25(30)24(17)29)19-8-10-20(11-9-19)28(33)34-23-15-14-22(26(31)27(23)32)18-6-4-16(2)5-7-18/h12-16,18-20H,3-11H2,1-2H3. The molecule has 4 rings (SSSR count). The highest BCUT2D eigenvalue weighted by Crippen LogP contribution is 2.40. The molecule has 0 N–H and O–H groups in total. The van der Waals surface area contributed by atoms with Crippen LogP contribution in [0, 0.1) is 35.1 Å². The van der Waals surface area contributed by atoms with Gasteiger partial charge in [-0.05, 0) is 85.5 Å². The lowest BCUT2D eigenvalue weighted by molar-refractivity contribution is -0.140. The van der Waals surface area contributed by atoms with Crippen LogP contribution < -0.4 is 4.74 Å². The van der Waals surface area contributed by atoms with E-state index in [9.17, 15) is 22.4 Å². The number of carbonyl (C=O) groups excluding carboxylic acids is 1. The summed E-state index contributed by atoms with van der Waals surface area (Å²) in [5.74, 6) is -4.73. The Balaban J connectivity index is 1.38. The normalized spacial score (nSPS) is 25.2. The largest absolute Gasteiger partial charge is 0.423 e. The van der Waals surface area contributed by atoms with Crippen LogP contribution in [0.5, 0.6) is 5.75 Å². The number of halogens is 4. The molecule has 2 aromatic carbocycles. The third-order valence-electron chi connectivity index (χ3n) is 7.82. The van der Waals surface area contributed by atoms with Gasteiger partial charge in [-0.25, -0.2) is 13.2 Å². The molecule has 0 aromatic heterocycles. The lowest BCUT2D eigenvalue weighted by Crippen LogP contribution is -2.26. The number of hydrogen-bond donors (Lipinski definition) is 0. The van der Waals surface area contributed by atoms with Gasteiger partial charge in [-0.2, -0.15) is 4.39 Å². The summed E-state index contributed by atoms with van der Waals surface area (Å²) < 4.78 is 63.4. The molecular weight excluding hydrogens is 444 g/mol. The van der Waals surface area contributed by atoms with Crippen LogP contribution in [0.2, 0.25) is 0 Å². The van der Waals surface area contributed by atoms with Crippen LogP contribution in [0.25, 0.3) is 0 Å². The number of aryl methyl sites for hydroxylation is 1. The van der Waals surface area contributed by atoms with E-state index in [2.05, 4.69) is 6.92 Å². The van der Waals surface area contributed by atoms with E-state index in [0.29, 0.717) is 54.7 Å². The summed E-state index contributed by atoms with van der Waals surface area (Å²) in [5.41, 5.74) is 1.03. The van der Waals surface area contributed by atoms with Crippen LogP contribution in [0.3, 0.4) is 0 Å². The van der Waals surface area contributed by atoms with E-state index >= 15 is 0 Å². The highest BCUT2D eigenvalue weighted by molar-refractivity contribution is 5.75. The van der Waals surface area contributed by atoms with Crippen molar-refractivity contribution in [2.24, 2.45) is 11.8 Å². The van der Waals surface area contributed by atoms with E-state index in [1.165, 1.54) is 12.1 Å². The molecule has 34 heavy (non-hydrogen) atoms. The fraction of sp³-hybridized carbons (Fsp3) is 0.536. The van der Waals surface area contributed by atoms with E-state index < -0.39 is 35.2 Å². The molecule has 0 radical (unpaired) electrons. The van der Waals surface area contributed by atoms with Crippen molar-refractivity contribution in [1.29, 1.82) is 0 Å². The van der Waals surface area contributed by atoms with Gasteiger partial charge in [-0.15, -0.1) is 0 Å². The first-order valence-corrected chi connectivity index (χ1v) is 12.5. The highest BCUT2D eigenvalue weighted by Gasteiger charge is 2.32. The van der Waals surface area contributed by atoms with Crippen molar-refractivity contribution in [1.82, 2.24) is 0 Å². The first-order valence-electron chi connectivity index (χ1n) is 12.5. The van der Waals surface area contributed by atoms with Gasteiger partial charge in [0, 0.05) is 0 Å². The molecule has 184 valence electrons. The van der Waals surface area contributed by atoms with E-state index in [1.54, 1.807) is 19.1 Å². The fourth-order valence-corrected chi connectivity index (χ4v) is 5.54. The van der Waals surface area contributed by atoms with E-state index in [-0.39, 0.29) is 17.6 Å². The van der Waals surface area contributed by atoms with Crippen LogP contribution >= 0.6 is 0 Å². The van der Waals surface area contributed by atoms with Crippen molar-refractivity contribution in [3.63, 3.8) is 0 Å². The molecule has 2 fully saturated rings. The number of carbonyl (C=O) groups is 1. The first kappa shape index (κ1) is 24.7. The average Bonchev–Trinajstić information content (AvgIpc) is 2.84. The smallest absolute Gasteiger partial charge is 0.314 e. The molecule has 0 spiro atoms. The van der Waals surface area contributed by atoms with Gasteiger partial charge < -0.3 is 4.74 Å². The zero-order valence-electron chi connectivity index (χ0n) is 19.8. The van der Waals surface area contributed by atoms with Crippen LogP contribution in [-0.4, -0.2) is 5.97 Å². The van der Waals surface area contributed by atoms with Crippen LogP contribution in [0.1, 0.15) is 93.7 Å². The lowest BCUT2D eigenvalue weighted by Gasteiger charge is -2.28. The minimum atomic E-state index is -1.12. The third-order valence-corrected chi connectivity index (χ3v) is 7.82. The molecular formula is C28H32F4O2. The minimum Gasteiger partial charge on any atom is -0.423 e. The molecule has 0 saturated heterocycles. The Morgan fingerprint density at radius 1 is 0.765 bits per heavy atom. The summed E-state index contributed by atoms with van der Waals surface area (Å²) in [4.78, 5) is 12.7. The molecule has 0 atom stereocenters. The molecule has 2 nitrogen and oxygen atoms in total. The number of benzene rings is 2. The Hall–Kier alpha value is -2.37. The van der Waals surface area contributed by atoms with Crippen molar-refractivity contribution < 1.29 is 27.1 Å². The Morgan fingerprint density at radius 3 is 1.88 bits per heavy atom. The molecule has 2 aliphatic carbocycles. The number of hydrogen-bond acceptors (Lipinski definition) is 2. The molecule has 0 unspecified atom stereocenters. The summed E-state index contributed by atoms with van der Waals surface area (Å²) in [5, 5.41) is 0. The van der Waals surface area contributed by atoms with Gasteiger partial charge >= 0.3 is 5.97 Å². The Bertz CT molecular complexity index is 1040. The minimum absolute atomic E-state index is 0.0117. The topological polar surface area (TPSA) is 26.3 Å². The molecule has 2 saturated carbocycles. The Morgan fingerprint density at radius 2 is 1.29 bits per heavy atom. The first-order chi connectivity index (χ1) is 16.3. The van der Waals surface area contributed by atoms with Gasteiger partial charge in [0.25, 0.3) is 0 Å². The Labute approximate surface area is 198 Å². The van der Waals surface area contributed by atoms with E-state index in [0.717, 1.165) is 25.7 Å². The van der Waals surface area contributed by atoms with Gasteiger partial charge in [-0.1, -0.05) is 44.9 Å².